The Hall–Kier alpha value is -2.83. The lowest BCUT2D eigenvalue weighted by Gasteiger charge is -2.10. The Morgan fingerprint density at radius 3 is 2.74 bits per heavy atom. The zero-order valence-electron chi connectivity index (χ0n) is 15.5. The largest absolute Gasteiger partial charge is 0.392 e. The van der Waals surface area contributed by atoms with Gasteiger partial charge in [-0.15, -0.1) is 0 Å². The van der Waals surface area contributed by atoms with Gasteiger partial charge < -0.3 is 10.2 Å². The van der Waals surface area contributed by atoms with Gasteiger partial charge in [-0.05, 0) is 51.2 Å². The summed E-state index contributed by atoms with van der Waals surface area (Å²) in [6.45, 7) is 3.54. The fraction of sp³-hybridized carbons (Fsp3) is 0.400. The van der Waals surface area contributed by atoms with Crippen LogP contribution in [-0.2, 0) is 4.84 Å². The van der Waals surface area contributed by atoms with Gasteiger partial charge in [0.1, 0.15) is 17.7 Å². The van der Waals surface area contributed by atoms with E-state index in [1.165, 1.54) is 26.0 Å². The minimum atomic E-state index is -0.517. The standard InChI is InChI=1S/C20H23FN4O2/c1-3-18(25-27-15-6-4-5-7-15)14-8-9-19(23-10-14)24-20(26)16-11-22-12-17(21)13(16)2/h8-12,15H,3-7H2,1-2H3,(H,23,24,26). The second kappa shape index (κ2) is 8.70. The van der Waals surface area contributed by atoms with Crippen LogP contribution in [0, 0.1) is 12.7 Å². The Bertz CT molecular complexity index is 830. The monoisotopic (exact) mass is 370 g/mol. The van der Waals surface area contributed by atoms with Crippen LogP contribution in [0.5, 0.6) is 0 Å². The van der Waals surface area contributed by atoms with Gasteiger partial charge in [0.2, 0.25) is 0 Å². The van der Waals surface area contributed by atoms with Crippen LogP contribution in [0.3, 0.4) is 0 Å². The fourth-order valence-corrected chi connectivity index (χ4v) is 3.00. The van der Waals surface area contributed by atoms with E-state index in [9.17, 15) is 9.18 Å². The second-order valence-corrected chi connectivity index (χ2v) is 6.58. The Morgan fingerprint density at radius 1 is 1.30 bits per heavy atom. The van der Waals surface area contributed by atoms with E-state index in [1.54, 1.807) is 12.3 Å². The maximum atomic E-state index is 13.6. The molecular formula is C20H23FN4O2. The molecule has 0 spiro atoms. The summed E-state index contributed by atoms with van der Waals surface area (Å²) in [5.74, 6) is -0.592. The summed E-state index contributed by atoms with van der Waals surface area (Å²) in [6.07, 6.45) is 9.48. The fourth-order valence-electron chi connectivity index (χ4n) is 3.00. The van der Waals surface area contributed by atoms with Crippen molar-refractivity contribution in [3.63, 3.8) is 0 Å². The number of nitrogens with zero attached hydrogens (tertiary/aromatic N) is 3. The number of hydrogen-bond acceptors (Lipinski definition) is 5. The van der Waals surface area contributed by atoms with Crippen molar-refractivity contribution in [1.82, 2.24) is 9.97 Å². The maximum absolute atomic E-state index is 13.6. The van der Waals surface area contributed by atoms with Crippen LogP contribution in [0.1, 0.15) is 60.5 Å². The number of halogens is 1. The molecule has 142 valence electrons. The van der Waals surface area contributed by atoms with Crippen molar-refractivity contribution < 1.29 is 14.0 Å². The van der Waals surface area contributed by atoms with Crippen molar-refractivity contribution in [2.75, 3.05) is 5.32 Å². The first-order valence-corrected chi connectivity index (χ1v) is 9.19. The predicted molar refractivity (Wildman–Crippen MR) is 101 cm³/mol. The van der Waals surface area contributed by atoms with Crippen molar-refractivity contribution in [3.8, 4) is 0 Å². The van der Waals surface area contributed by atoms with Crippen molar-refractivity contribution in [3.05, 3.63) is 53.2 Å². The molecule has 1 fully saturated rings. The van der Waals surface area contributed by atoms with Crippen LogP contribution >= 0.6 is 0 Å². The minimum absolute atomic E-state index is 0.182. The van der Waals surface area contributed by atoms with Crippen LogP contribution in [0.2, 0.25) is 0 Å². The molecule has 0 unspecified atom stereocenters. The highest BCUT2D eigenvalue weighted by molar-refractivity contribution is 6.05. The maximum Gasteiger partial charge on any atom is 0.258 e. The average Bonchev–Trinajstić information content (AvgIpc) is 3.19. The van der Waals surface area contributed by atoms with Gasteiger partial charge in [0.25, 0.3) is 5.91 Å². The number of aromatic nitrogens is 2. The highest BCUT2D eigenvalue weighted by Gasteiger charge is 2.17. The first-order valence-electron chi connectivity index (χ1n) is 9.19. The molecule has 1 aliphatic rings. The lowest BCUT2D eigenvalue weighted by atomic mass is 10.1. The van der Waals surface area contributed by atoms with Crippen molar-refractivity contribution in [1.29, 1.82) is 0 Å². The zero-order valence-corrected chi connectivity index (χ0v) is 15.5. The molecule has 1 N–H and O–H groups in total. The molecule has 6 nitrogen and oxygen atoms in total. The minimum Gasteiger partial charge on any atom is -0.392 e. The quantitative estimate of drug-likeness (QED) is 0.609. The Balaban J connectivity index is 1.67. The Labute approximate surface area is 157 Å². The predicted octanol–water partition coefficient (Wildman–Crippen LogP) is 4.25. The zero-order chi connectivity index (χ0) is 19.2. The van der Waals surface area contributed by atoms with E-state index < -0.39 is 11.7 Å². The molecule has 0 bridgehead atoms. The van der Waals surface area contributed by atoms with E-state index in [0.717, 1.165) is 30.3 Å². The van der Waals surface area contributed by atoms with E-state index in [-0.39, 0.29) is 17.2 Å². The molecule has 0 saturated heterocycles. The highest BCUT2D eigenvalue weighted by Crippen LogP contribution is 2.21. The lowest BCUT2D eigenvalue weighted by Crippen LogP contribution is -2.15. The van der Waals surface area contributed by atoms with Gasteiger partial charge >= 0.3 is 0 Å². The Kier molecular flexibility index (Phi) is 6.11. The average molecular weight is 370 g/mol. The summed E-state index contributed by atoms with van der Waals surface area (Å²) >= 11 is 0. The third-order valence-corrected chi connectivity index (χ3v) is 4.69. The van der Waals surface area contributed by atoms with Crippen molar-refractivity contribution in [2.24, 2.45) is 5.16 Å². The summed E-state index contributed by atoms with van der Waals surface area (Å²) in [5.41, 5.74) is 2.10. The van der Waals surface area contributed by atoms with E-state index >= 15 is 0 Å². The molecule has 27 heavy (non-hydrogen) atoms. The number of carbonyl (C=O) groups is 1. The molecule has 0 atom stereocenters. The number of pyridine rings is 2. The molecule has 0 aromatic carbocycles. The molecular weight excluding hydrogens is 347 g/mol. The van der Waals surface area contributed by atoms with Gasteiger partial charge in [-0.3, -0.25) is 9.78 Å². The van der Waals surface area contributed by atoms with Gasteiger partial charge in [0, 0.05) is 23.5 Å². The molecule has 2 aromatic rings. The normalized spacial score (nSPS) is 15.0. The van der Waals surface area contributed by atoms with E-state index in [0.29, 0.717) is 12.2 Å². The van der Waals surface area contributed by atoms with Gasteiger partial charge in [-0.2, -0.15) is 0 Å². The number of nitrogens with one attached hydrogen (secondary N) is 1. The Morgan fingerprint density at radius 2 is 2.07 bits per heavy atom. The van der Waals surface area contributed by atoms with Gasteiger partial charge in [-0.1, -0.05) is 12.1 Å². The molecule has 3 rings (SSSR count). The molecule has 0 radical (unpaired) electrons. The molecule has 0 aliphatic heterocycles. The summed E-state index contributed by atoms with van der Waals surface area (Å²) < 4.78 is 13.6. The highest BCUT2D eigenvalue weighted by atomic mass is 19.1. The summed E-state index contributed by atoms with van der Waals surface area (Å²) in [6, 6.07) is 3.52. The molecule has 1 aliphatic carbocycles. The summed E-state index contributed by atoms with van der Waals surface area (Å²) in [4.78, 5) is 25.9. The molecule has 7 heteroatoms. The van der Waals surface area contributed by atoms with Gasteiger partial charge in [0.05, 0.1) is 17.5 Å². The van der Waals surface area contributed by atoms with Gasteiger partial charge in [-0.25, -0.2) is 9.37 Å². The van der Waals surface area contributed by atoms with Crippen LogP contribution in [-0.4, -0.2) is 27.7 Å². The first-order chi connectivity index (χ1) is 13.1. The van der Waals surface area contributed by atoms with Crippen molar-refractivity contribution >= 4 is 17.4 Å². The van der Waals surface area contributed by atoms with Gasteiger partial charge in [0.15, 0.2) is 0 Å². The number of carbonyl (C=O) groups excluding carboxylic acids is 1. The number of oxime groups is 1. The van der Waals surface area contributed by atoms with Crippen molar-refractivity contribution in [2.45, 2.75) is 52.1 Å². The van der Waals surface area contributed by atoms with E-state index in [1.807, 2.05) is 13.0 Å². The molecule has 2 aromatic heterocycles. The lowest BCUT2D eigenvalue weighted by molar-refractivity contribution is 0.0642. The first kappa shape index (κ1) is 18.9. The summed E-state index contributed by atoms with van der Waals surface area (Å²) in [5, 5.41) is 6.95. The molecule has 1 saturated carbocycles. The molecule has 2 heterocycles. The van der Waals surface area contributed by atoms with Crippen LogP contribution in [0.4, 0.5) is 10.2 Å². The SMILES string of the molecule is CCC(=NOC1CCCC1)c1ccc(NC(=O)c2cncc(F)c2C)nc1. The topological polar surface area (TPSA) is 76.5 Å². The smallest absolute Gasteiger partial charge is 0.258 e. The van der Waals surface area contributed by atoms with Crippen LogP contribution in [0.25, 0.3) is 0 Å². The van der Waals surface area contributed by atoms with Crippen LogP contribution < -0.4 is 5.32 Å². The van der Waals surface area contributed by atoms with E-state index in [2.05, 4.69) is 20.4 Å². The third kappa shape index (κ3) is 4.67. The van der Waals surface area contributed by atoms with Crippen LogP contribution in [0.15, 0.2) is 35.9 Å². The number of anilines is 1. The van der Waals surface area contributed by atoms with E-state index in [4.69, 9.17) is 4.84 Å². The third-order valence-electron chi connectivity index (χ3n) is 4.69. The number of rotatable bonds is 6. The summed E-state index contributed by atoms with van der Waals surface area (Å²) in [7, 11) is 0. The molecule has 1 amide bonds. The number of amides is 1. The number of hydrogen-bond donors (Lipinski definition) is 1. The second-order valence-electron chi connectivity index (χ2n) is 6.58.